The van der Waals surface area contributed by atoms with Gasteiger partial charge in [-0.3, -0.25) is 9.69 Å². The summed E-state index contributed by atoms with van der Waals surface area (Å²) in [6.45, 7) is -0.717. The van der Waals surface area contributed by atoms with Crippen molar-refractivity contribution in [1.82, 2.24) is 19.3 Å². The van der Waals surface area contributed by atoms with Gasteiger partial charge < -0.3 is 8.83 Å². The molecule has 4 heterocycles. The lowest BCUT2D eigenvalue weighted by Crippen LogP contribution is -2.31. The molecule has 10 nitrogen and oxygen atoms in total. The summed E-state index contributed by atoms with van der Waals surface area (Å²) < 4.78 is 67.6. The first-order valence-corrected chi connectivity index (χ1v) is 14.4. The molecule has 0 spiro atoms. The predicted molar refractivity (Wildman–Crippen MR) is 143 cm³/mol. The topological polar surface area (TPSA) is 123 Å². The molecule has 0 unspecified atom stereocenters. The second-order valence-electron chi connectivity index (χ2n) is 8.86. The van der Waals surface area contributed by atoms with Gasteiger partial charge in [0, 0.05) is 35.3 Å². The van der Waals surface area contributed by atoms with Crippen LogP contribution in [0.2, 0.25) is 0 Å². The number of fused-ring (bicyclic) bond motifs is 1. The highest BCUT2D eigenvalue weighted by molar-refractivity contribution is 7.89. The molecule has 0 bridgehead atoms. The molecular weight excluding hydrogens is 576 g/mol. The SMILES string of the molecule is O=C1/C(=C/c2nccs2)c2cc(S(=O)(=O)N(Cc3ncco3)Cc3ccc(F)cc3F)ccc2N1Cc1ncco1. The third kappa shape index (κ3) is 5.31. The van der Waals surface area contributed by atoms with Crippen LogP contribution in [0.5, 0.6) is 0 Å². The second-order valence-corrected chi connectivity index (χ2v) is 11.7. The van der Waals surface area contributed by atoms with Gasteiger partial charge in [-0.25, -0.2) is 32.2 Å². The number of anilines is 1. The maximum absolute atomic E-state index is 14.6. The maximum atomic E-state index is 14.6. The number of nitrogens with zero attached hydrogens (tertiary/aromatic N) is 5. The monoisotopic (exact) mass is 595 g/mol. The predicted octanol–water partition coefficient (Wildman–Crippen LogP) is 4.88. The minimum atomic E-state index is -4.32. The van der Waals surface area contributed by atoms with E-state index >= 15 is 0 Å². The summed E-state index contributed by atoms with van der Waals surface area (Å²) >= 11 is 1.32. The second kappa shape index (κ2) is 10.8. The molecule has 0 saturated heterocycles. The van der Waals surface area contributed by atoms with Crippen LogP contribution < -0.4 is 4.90 Å². The summed E-state index contributed by atoms with van der Waals surface area (Å²) in [5.41, 5.74) is 1.02. The lowest BCUT2D eigenvalue weighted by Gasteiger charge is -2.22. The number of aromatic nitrogens is 3. The van der Waals surface area contributed by atoms with Crippen LogP contribution in [0.3, 0.4) is 0 Å². The summed E-state index contributed by atoms with van der Waals surface area (Å²) in [5, 5.41) is 2.32. The lowest BCUT2D eigenvalue weighted by molar-refractivity contribution is -0.113. The van der Waals surface area contributed by atoms with Crippen molar-refractivity contribution >= 4 is 44.6 Å². The number of carbonyl (C=O) groups is 1. The van der Waals surface area contributed by atoms with E-state index in [4.69, 9.17) is 8.83 Å². The van der Waals surface area contributed by atoms with E-state index in [1.54, 1.807) is 17.7 Å². The largest absolute Gasteiger partial charge is 0.448 e. The van der Waals surface area contributed by atoms with Crippen molar-refractivity contribution in [2.45, 2.75) is 24.5 Å². The van der Waals surface area contributed by atoms with Gasteiger partial charge in [-0.1, -0.05) is 6.07 Å². The van der Waals surface area contributed by atoms with Crippen molar-refractivity contribution < 1.29 is 30.8 Å². The molecular formula is C27H19F2N5O5S2. The van der Waals surface area contributed by atoms with E-state index in [-0.39, 0.29) is 40.9 Å². The summed E-state index contributed by atoms with van der Waals surface area (Å²) in [6, 6.07) is 7.19. The first kappa shape index (κ1) is 26.7. The molecule has 6 rings (SSSR count). The zero-order chi connectivity index (χ0) is 28.6. The van der Waals surface area contributed by atoms with Crippen LogP contribution >= 0.6 is 11.3 Å². The Morgan fingerprint density at radius 3 is 2.41 bits per heavy atom. The Bertz CT molecular complexity index is 1840. The van der Waals surface area contributed by atoms with Gasteiger partial charge in [0.15, 0.2) is 0 Å². The molecule has 1 amide bonds. The standard InChI is InChI=1S/C27H19F2N5O5S2/c28-18-2-1-17(22(29)11-18)14-33(15-24-30-5-8-38-24)41(36,37)19-3-4-23-20(12-19)21(13-26-32-7-10-40-26)27(35)34(23)16-25-31-6-9-39-25/h1-13H,14-16H2/b21-13+. The molecule has 41 heavy (non-hydrogen) atoms. The Labute approximate surface area is 236 Å². The van der Waals surface area contributed by atoms with Gasteiger partial charge in [0.25, 0.3) is 5.91 Å². The fraction of sp³-hybridized carbons (Fsp3) is 0.111. The van der Waals surface area contributed by atoms with Crippen molar-refractivity contribution in [1.29, 1.82) is 0 Å². The van der Waals surface area contributed by atoms with Crippen molar-refractivity contribution in [3.8, 4) is 0 Å². The van der Waals surface area contributed by atoms with Gasteiger partial charge in [-0.15, -0.1) is 11.3 Å². The molecule has 0 saturated carbocycles. The fourth-order valence-corrected chi connectivity index (χ4v) is 6.35. The number of rotatable bonds is 9. The molecule has 2 aromatic carbocycles. The van der Waals surface area contributed by atoms with E-state index in [1.807, 2.05) is 0 Å². The summed E-state index contributed by atoms with van der Waals surface area (Å²) in [6.07, 6.45) is 8.69. The number of hydrogen-bond acceptors (Lipinski definition) is 9. The molecule has 0 radical (unpaired) electrons. The van der Waals surface area contributed by atoms with Gasteiger partial charge in [0.2, 0.25) is 21.8 Å². The van der Waals surface area contributed by atoms with Crippen molar-refractivity contribution in [3.05, 3.63) is 112 Å². The maximum Gasteiger partial charge on any atom is 0.259 e. The molecule has 0 atom stereocenters. The molecule has 5 aromatic rings. The van der Waals surface area contributed by atoms with Gasteiger partial charge in [-0.2, -0.15) is 4.31 Å². The molecule has 0 aliphatic carbocycles. The summed E-state index contributed by atoms with van der Waals surface area (Å²) in [5.74, 6) is -1.68. The smallest absolute Gasteiger partial charge is 0.259 e. The third-order valence-electron chi connectivity index (χ3n) is 6.32. The Morgan fingerprint density at radius 2 is 1.73 bits per heavy atom. The van der Waals surface area contributed by atoms with Gasteiger partial charge >= 0.3 is 0 Å². The molecule has 1 aliphatic rings. The van der Waals surface area contributed by atoms with Gasteiger partial charge in [-0.05, 0) is 30.3 Å². The molecule has 14 heteroatoms. The van der Waals surface area contributed by atoms with Crippen LogP contribution in [-0.4, -0.2) is 33.6 Å². The number of sulfonamides is 1. The summed E-state index contributed by atoms with van der Waals surface area (Å²) in [4.78, 5) is 27.1. The van der Waals surface area contributed by atoms with Crippen molar-refractivity contribution in [2.75, 3.05) is 4.90 Å². The highest BCUT2D eigenvalue weighted by Crippen LogP contribution is 2.40. The highest BCUT2D eigenvalue weighted by Gasteiger charge is 2.36. The van der Waals surface area contributed by atoms with E-state index in [1.165, 1.54) is 65.4 Å². The highest BCUT2D eigenvalue weighted by atomic mass is 32.2. The number of halogens is 2. The Hall–Kier alpha value is -4.53. The molecule has 208 valence electrons. The lowest BCUT2D eigenvalue weighted by atomic mass is 10.1. The molecule has 3 aromatic heterocycles. The van der Waals surface area contributed by atoms with Crippen molar-refractivity contribution in [3.63, 3.8) is 0 Å². The van der Waals surface area contributed by atoms with Gasteiger partial charge in [0.05, 0.1) is 35.1 Å². The Morgan fingerprint density at radius 1 is 0.951 bits per heavy atom. The number of carbonyl (C=O) groups excluding carboxylic acids is 1. The molecule has 0 N–H and O–H groups in total. The van der Waals surface area contributed by atoms with E-state index in [9.17, 15) is 22.0 Å². The van der Waals surface area contributed by atoms with Crippen molar-refractivity contribution in [2.24, 2.45) is 0 Å². The van der Waals surface area contributed by atoms with Crippen LogP contribution in [0.15, 0.2) is 86.6 Å². The van der Waals surface area contributed by atoms with E-state index < -0.39 is 28.2 Å². The van der Waals surface area contributed by atoms with Crippen LogP contribution in [0.25, 0.3) is 11.6 Å². The Kier molecular flexibility index (Phi) is 7.03. The van der Waals surface area contributed by atoms with Crippen LogP contribution in [0.4, 0.5) is 14.5 Å². The number of amides is 1. The van der Waals surface area contributed by atoms with Crippen LogP contribution in [-0.2, 0) is 34.5 Å². The number of benzene rings is 2. The number of thiazole rings is 1. The number of hydrogen-bond donors (Lipinski definition) is 0. The van der Waals surface area contributed by atoms with E-state index in [0.29, 0.717) is 28.2 Å². The first-order chi connectivity index (χ1) is 19.8. The first-order valence-electron chi connectivity index (χ1n) is 12.1. The minimum absolute atomic E-state index is 0.0280. The van der Waals surface area contributed by atoms with Crippen LogP contribution in [0, 0.1) is 11.6 Å². The molecule has 0 fully saturated rings. The van der Waals surface area contributed by atoms with E-state index in [2.05, 4.69) is 15.0 Å². The quantitative estimate of drug-likeness (QED) is 0.221. The normalized spacial score (nSPS) is 14.4. The average Bonchev–Trinajstić information content (AvgIpc) is 3.77. The fourth-order valence-electron chi connectivity index (χ4n) is 4.39. The zero-order valence-electron chi connectivity index (χ0n) is 21.0. The number of oxazole rings is 2. The third-order valence-corrected chi connectivity index (χ3v) is 8.83. The van der Waals surface area contributed by atoms with E-state index in [0.717, 1.165) is 10.4 Å². The average molecular weight is 596 g/mol. The Balaban J connectivity index is 1.42. The van der Waals surface area contributed by atoms with Crippen LogP contribution in [0.1, 0.15) is 27.9 Å². The molecule has 1 aliphatic heterocycles. The minimum Gasteiger partial charge on any atom is -0.448 e. The zero-order valence-corrected chi connectivity index (χ0v) is 22.6. The van der Waals surface area contributed by atoms with Gasteiger partial charge in [0.1, 0.15) is 35.7 Å². The summed E-state index contributed by atoms with van der Waals surface area (Å²) in [7, 11) is -4.32.